The van der Waals surface area contributed by atoms with E-state index in [9.17, 15) is 9.59 Å². The van der Waals surface area contributed by atoms with Crippen molar-refractivity contribution in [1.82, 2.24) is 20.2 Å². The van der Waals surface area contributed by atoms with Crippen LogP contribution in [0.25, 0.3) is 0 Å². The third-order valence-corrected chi connectivity index (χ3v) is 5.69. The molecular weight excluding hydrogens is 372 g/mol. The van der Waals surface area contributed by atoms with Gasteiger partial charge in [0.2, 0.25) is 5.91 Å². The minimum Gasteiger partial charge on any atom is -0.349 e. The van der Waals surface area contributed by atoms with E-state index < -0.39 is 0 Å². The van der Waals surface area contributed by atoms with Crippen molar-refractivity contribution < 1.29 is 9.59 Å². The highest BCUT2D eigenvalue weighted by Gasteiger charge is 2.24. The van der Waals surface area contributed by atoms with Crippen LogP contribution in [0, 0.1) is 20.8 Å². The summed E-state index contributed by atoms with van der Waals surface area (Å²) in [6.07, 6.45) is 1.54. The molecule has 1 fully saturated rings. The van der Waals surface area contributed by atoms with Gasteiger partial charge in [0.25, 0.3) is 5.91 Å². The van der Waals surface area contributed by atoms with Crippen LogP contribution < -0.4 is 5.32 Å². The maximum absolute atomic E-state index is 12.5. The van der Waals surface area contributed by atoms with E-state index in [-0.39, 0.29) is 17.9 Å². The highest BCUT2D eigenvalue weighted by molar-refractivity contribution is 7.99. The number of aromatic nitrogens is 2. The van der Waals surface area contributed by atoms with Gasteiger partial charge in [-0.1, -0.05) is 30.0 Å². The van der Waals surface area contributed by atoms with E-state index in [4.69, 9.17) is 0 Å². The second-order valence-corrected chi connectivity index (χ2v) is 8.11. The van der Waals surface area contributed by atoms with E-state index in [2.05, 4.69) is 15.3 Å². The lowest BCUT2D eigenvalue weighted by Crippen LogP contribution is -2.47. The van der Waals surface area contributed by atoms with Gasteiger partial charge in [-0.2, -0.15) is 0 Å². The molecule has 2 amide bonds. The van der Waals surface area contributed by atoms with Crippen molar-refractivity contribution in [2.45, 2.75) is 44.8 Å². The molecule has 1 aromatic heterocycles. The van der Waals surface area contributed by atoms with Crippen LogP contribution in [0.3, 0.4) is 0 Å². The van der Waals surface area contributed by atoms with E-state index in [1.54, 1.807) is 0 Å². The van der Waals surface area contributed by atoms with Gasteiger partial charge in [0.1, 0.15) is 0 Å². The zero-order valence-corrected chi connectivity index (χ0v) is 17.4. The van der Waals surface area contributed by atoms with Gasteiger partial charge in [0.05, 0.1) is 5.75 Å². The molecule has 6 nitrogen and oxygen atoms in total. The number of hydrogen-bond donors (Lipinski definition) is 1. The maximum atomic E-state index is 12.5. The molecular formula is C21H26N4O2S. The molecule has 1 aromatic carbocycles. The summed E-state index contributed by atoms with van der Waals surface area (Å²) >= 11 is 1.38. The highest BCUT2D eigenvalue weighted by atomic mass is 32.2. The van der Waals surface area contributed by atoms with E-state index in [1.165, 1.54) is 11.8 Å². The number of aryl methyl sites for hydroxylation is 3. The average Bonchev–Trinajstić information content (AvgIpc) is 2.66. The summed E-state index contributed by atoms with van der Waals surface area (Å²) < 4.78 is 0. The molecule has 0 spiro atoms. The first-order valence-corrected chi connectivity index (χ1v) is 10.5. The van der Waals surface area contributed by atoms with Gasteiger partial charge in [-0.05, 0) is 51.3 Å². The number of nitrogens with one attached hydrogen (secondary N) is 1. The highest BCUT2D eigenvalue weighted by Crippen LogP contribution is 2.18. The Morgan fingerprint density at radius 2 is 1.75 bits per heavy atom. The normalized spacial score (nSPS) is 14.8. The van der Waals surface area contributed by atoms with Gasteiger partial charge in [0, 0.05) is 36.1 Å². The fourth-order valence-electron chi connectivity index (χ4n) is 3.34. The molecule has 0 atom stereocenters. The van der Waals surface area contributed by atoms with E-state index in [1.807, 2.05) is 56.0 Å². The molecule has 1 aliphatic heterocycles. The number of carbonyl (C=O) groups excluding carboxylic acids is 2. The average molecular weight is 399 g/mol. The second-order valence-electron chi connectivity index (χ2n) is 7.17. The molecule has 1 N–H and O–H groups in total. The lowest BCUT2D eigenvalue weighted by molar-refractivity contribution is -0.129. The van der Waals surface area contributed by atoms with Crippen molar-refractivity contribution in [3.63, 3.8) is 0 Å². The third-order valence-electron chi connectivity index (χ3n) is 4.86. The summed E-state index contributed by atoms with van der Waals surface area (Å²) in [6, 6.07) is 9.61. The Kier molecular flexibility index (Phi) is 6.67. The molecule has 7 heteroatoms. The Balaban J connectivity index is 1.46. The van der Waals surface area contributed by atoms with Crippen molar-refractivity contribution >= 4 is 23.6 Å². The summed E-state index contributed by atoms with van der Waals surface area (Å²) in [5.41, 5.74) is 3.50. The predicted molar refractivity (Wildman–Crippen MR) is 110 cm³/mol. The summed E-state index contributed by atoms with van der Waals surface area (Å²) in [5, 5.41) is 3.75. The zero-order valence-electron chi connectivity index (χ0n) is 16.6. The fraction of sp³-hybridized carbons (Fsp3) is 0.429. The van der Waals surface area contributed by atoms with Gasteiger partial charge in [0.15, 0.2) is 5.16 Å². The largest absolute Gasteiger partial charge is 0.349 e. The van der Waals surface area contributed by atoms with Crippen LogP contribution in [0.2, 0.25) is 0 Å². The standard InChI is InChI=1S/C21H26N4O2S/c1-14-6-4-5-7-18(14)20(27)24-17-8-10-25(11-9-17)19(26)13-28-21-22-15(2)12-16(3)23-21/h4-7,12,17H,8-11,13H2,1-3H3,(H,24,27). The summed E-state index contributed by atoms with van der Waals surface area (Å²) in [6.45, 7) is 7.11. The molecule has 148 valence electrons. The van der Waals surface area contributed by atoms with Gasteiger partial charge in [-0.3, -0.25) is 9.59 Å². The maximum Gasteiger partial charge on any atom is 0.251 e. The van der Waals surface area contributed by atoms with Crippen LogP contribution in [0.1, 0.15) is 40.2 Å². The van der Waals surface area contributed by atoms with Gasteiger partial charge in [-0.15, -0.1) is 0 Å². The van der Waals surface area contributed by atoms with Crippen molar-refractivity contribution in [2.24, 2.45) is 0 Å². The molecule has 0 aliphatic carbocycles. The first-order valence-electron chi connectivity index (χ1n) is 9.51. The quantitative estimate of drug-likeness (QED) is 0.619. The monoisotopic (exact) mass is 398 g/mol. The molecule has 1 saturated heterocycles. The Hall–Kier alpha value is -2.41. The van der Waals surface area contributed by atoms with Crippen LogP contribution in [0.4, 0.5) is 0 Å². The molecule has 28 heavy (non-hydrogen) atoms. The first-order chi connectivity index (χ1) is 13.4. The van der Waals surface area contributed by atoms with Crippen molar-refractivity contribution in [3.05, 3.63) is 52.8 Å². The number of benzene rings is 1. The number of carbonyl (C=O) groups is 2. The smallest absolute Gasteiger partial charge is 0.251 e. The first kappa shape index (κ1) is 20.3. The molecule has 0 radical (unpaired) electrons. The van der Waals surface area contributed by atoms with Gasteiger partial charge >= 0.3 is 0 Å². The van der Waals surface area contributed by atoms with Crippen molar-refractivity contribution in [3.8, 4) is 0 Å². The molecule has 1 aliphatic rings. The van der Waals surface area contributed by atoms with Crippen LogP contribution in [-0.4, -0.2) is 51.6 Å². The third kappa shape index (κ3) is 5.32. The van der Waals surface area contributed by atoms with Crippen LogP contribution >= 0.6 is 11.8 Å². The molecule has 0 bridgehead atoms. The Morgan fingerprint density at radius 3 is 2.39 bits per heavy atom. The molecule has 0 saturated carbocycles. The Labute approximate surface area is 170 Å². The molecule has 0 unspecified atom stereocenters. The molecule has 2 aromatic rings. The summed E-state index contributed by atoms with van der Waals surface area (Å²) in [4.78, 5) is 35.6. The Morgan fingerprint density at radius 1 is 1.11 bits per heavy atom. The number of amides is 2. The summed E-state index contributed by atoms with van der Waals surface area (Å²) in [7, 11) is 0. The molecule has 2 heterocycles. The number of thioether (sulfide) groups is 1. The predicted octanol–water partition coefficient (Wildman–Crippen LogP) is 2.91. The number of nitrogens with zero attached hydrogens (tertiary/aromatic N) is 3. The van der Waals surface area contributed by atoms with Crippen molar-refractivity contribution in [2.75, 3.05) is 18.8 Å². The van der Waals surface area contributed by atoms with E-state index >= 15 is 0 Å². The lowest BCUT2D eigenvalue weighted by Gasteiger charge is -2.32. The van der Waals surface area contributed by atoms with Crippen LogP contribution in [0.15, 0.2) is 35.5 Å². The van der Waals surface area contributed by atoms with Gasteiger partial charge in [-0.25, -0.2) is 9.97 Å². The van der Waals surface area contributed by atoms with Crippen molar-refractivity contribution in [1.29, 1.82) is 0 Å². The molecule has 3 rings (SSSR count). The van der Waals surface area contributed by atoms with Gasteiger partial charge < -0.3 is 10.2 Å². The second kappa shape index (κ2) is 9.19. The minimum atomic E-state index is -0.0367. The van der Waals surface area contributed by atoms with E-state index in [0.717, 1.165) is 29.8 Å². The number of hydrogen-bond acceptors (Lipinski definition) is 5. The minimum absolute atomic E-state index is 0.0367. The number of piperidine rings is 1. The summed E-state index contributed by atoms with van der Waals surface area (Å²) in [5.74, 6) is 0.394. The zero-order chi connectivity index (χ0) is 20.1. The Bertz CT molecular complexity index is 843. The SMILES string of the molecule is Cc1cc(C)nc(SCC(=O)N2CCC(NC(=O)c3ccccc3C)CC2)n1. The van der Waals surface area contributed by atoms with Crippen LogP contribution in [-0.2, 0) is 4.79 Å². The topological polar surface area (TPSA) is 75.2 Å². The van der Waals surface area contributed by atoms with Crippen LogP contribution in [0.5, 0.6) is 0 Å². The van der Waals surface area contributed by atoms with E-state index in [0.29, 0.717) is 29.6 Å². The number of likely N-dealkylation sites (tertiary alicyclic amines) is 1. The number of rotatable bonds is 5. The fourth-order valence-corrected chi connectivity index (χ4v) is 4.19. The lowest BCUT2D eigenvalue weighted by atomic mass is 10.0.